The molecule has 0 radical (unpaired) electrons. The topological polar surface area (TPSA) is 54.7 Å². The molecule has 0 atom stereocenters. The molecule has 5 aromatic rings. The van der Waals surface area contributed by atoms with E-state index in [0.29, 0.717) is 5.02 Å². The molecule has 0 fully saturated rings. The highest BCUT2D eigenvalue weighted by atomic mass is 79.9. The van der Waals surface area contributed by atoms with Gasteiger partial charge in [-0.3, -0.25) is 4.98 Å². The van der Waals surface area contributed by atoms with Crippen molar-refractivity contribution in [1.29, 1.82) is 0 Å². The molecule has 1 N–H and O–H groups in total. The van der Waals surface area contributed by atoms with E-state index in [2.05, 4.69) is 41.8 Å². The molecular weight excluding hydrogens is 469 g/mol. The van der Waals surface area contributed by atoms with Gasteiger partial charge in [-0.05, 0) is 55.4 Å². The number of rotatable bonds is 1. The van der Waals surface area contributed by atoms with Crippen molar-refractivity contribution in [2.24, 2.45) is 0 Å². The van der Waals surface area contributed by atoms with Gasteiger partial charge in [-0.1, -0.05) is 17.7 Å². The van der Waals surface area contributed by atoms with Crippen molar-refractivity contribution in [2.45, 2.75) is 0 Å². The average molecular weight is 478 g/mol. The van der Waals surface area contributed by atoms with Crippen LogP contribution in [0.2, 0.25) is 5.02 Å². The number of furan rings is 1. The number of aromatic nitrogens is 3. The molecular formula is C18H8Br2ClN3O. The lowest BCUT2D eigenvalue weighted by atomic mass is 10.1. The minimum absolute atomic E-state index is 0.685. The van der Waals surface area contributed by atoms with Crippen LogP contribution in [-0.4, -0.2) is 15.0 Å². The Kier molecular flexibility index (Phi) is 3.42. The number of nitrogens with one attached hydrogen (secondary N) is 1. The van der Waals surface area contributed by atoms with Crippen LogP contribution in [0.25, 0.3) is 44.2 Å². The fraction of sp³-hybridized carbons (Fsp3) is 0. The summed E-state index contributed by atoms with van der Waals surface area (Å²) >= 11 is 13.3. The minimum atomic E-state index is 0.685. The number of nitrogens with zero attached hydrogens (tertiary/aromatic N) is 2. The molecule has 25 heavy (non-hydrogen) atoms. The maximum absolute atomic E-state index is 6.20. The van der Waals surface area contributed by atoms with Crippen molar-refractivity contribution >= 4 is 76.2 Å². The van der Waals surface area contributed by atoms with Gasteiger partial charge in [-0.2, -0.15) is 0 Å². The van der Waals surface area contributed by atoms with Crippen LogP contribution in [-0.2, 0) is 0 Å². The number of aromatic amines is 1. The summed E-state index contributed by atoms with van der Waals surface area (Å²) in [5.74, 6) is 0.733. The van der Waals surface area contributed by atoms with E-state index >= 15 is 0 Å². The zero-order chi connectivity index (χ0) is 17.1. The first-order valence-electron chi connectivity index (χ1n) is 7.41. The number of pyridine rings is 1. The highest BCUT2D eigenvalue weighted by Gasteiger charge is 2.18. The van der Waals surface area contributed by atoms with Gasteiger partial charge >= 0.3 is 0 Å². The fourth-order valence-corrected chi connectivity index (χ4v) is 4.63. The third kappa shape index (κ3) is 2.25. The van der Waals surface area contributed by atoms with E-state index < -0.39 is 0 Å². The smallest absolute Gasteiger partial charge is 0.160 e. The lowest BCUT2D eigenvalue weighted by Gasteiger charge is -2.02. The summed E-state index contributed by atoms with van der Waals surface area (Å²) in [7, 11) is 0. The van der Waals surface area contributed by atoms with E-state index in [1.807, 2.05) is 24.3 Å². The predicted molar refractivity (Wildman–Crippen MR) is 107 cm³/mol. The molecule has 7 heteroatoms. The standard InChI is InChI=1S/C18H8Br2ClN3O/c19-12-6-22-7-13(20)14(12)18-23-15-9-2-1-8(21)5-11(9)10-3-4-25-17(10)16(15)24-18/h1-7H,(H,23,24). The quantitative estimate of drug-likeness (QED) is 0.292. The van der Waals surface area contributed by atoms with Crippen molar-refractivity contribution < 1.29 is 4.42 Å². The molecule has 0 saturated heterocycles. The zero-order valence-electron chi connectivity index (χ0n) is 12.5. The molecule has 0 amide bonds. The second kappa shape index (κ2) is 5.56. The van der Waals surface area contributed by atoms with Crippen molar-refractivity contribution in [3.8, 4) is 11.4 Å². The van der Waals surface area contributed by atoms with Crippen LogP contribution in [0.3, 0.4) is 0 Å². The molecule has 5 rings (SSSR count). The molecule has 3 aromatic heterocycles. The number of benzene rings is 2. The molecule has 0 spiro atoms. The molecule has 0 unspecified atom stereocenters. The fourth-order valence-electron chi connectivity index (χ4n) is 3.15. The molecule has 2 aromatic carbocycles. The van der Waals surface area contributed by atoms with Gasteiger partial charge in [0.2, 0.25) is 0 Å². The Morgan fingerprint density at radius 2 is 1.80 bits per heavy atom. The normalized spacial score (nSPS) is 11.8. The predicted octanol–water partition coefficient (Wildman–Crippen LogP) is 6.70. The van der Waals surface area contributed by atoms with Gasteiger partial charge in [0.15, 0.2) is 5.58 Å². The average Bonchev–Trinajstić information content (AvgIpc) is 3.21. The molecule has 0 aliphatic rings. The Labute approximate surface area is 163 Å². The molecule has 0 aliphatic carbocycles. The summed E-state index contributed by atoms with van der Waals surface area (Å²) in [6.07, 6.45) is 5.17. The van der Waals surface area contributed by atoms with Gasteiger partial charge in [0, 0.05) is 42.7 Å². The first-order valence-corrected chi connectivity index (χ1v) is 9.37. The summed E-state index contributed by atoms with van der Waals surface area (Å²) in [4.78, 5) is 12.4. The summed E-state index contributed by atoms with van der Waals surface area (Å²) in [5, 5.41) is 3.74. The van der Waals surface area contributed by atoms with Gasteiger partial charge in [0.05, 0.1) is 6.26 Å². The summed E-state index contributed by atoms with van der Waals surface area (Å²) in [6, 6.07) is 7.77. The molecule has 0 bridgehead atoms. The van der Waals surface area contributed by atoms with Gasteiger partial charge in [0.25, 0.3) is 0 Å². The first kappa shape index (κ1) is 15.4. The van der Waals surface area contributed by atoms with Gasteiger partial charge in [-0.25, -0.2) is 4.98 Å². The third-order valence-corrected chi connectivity index (χ3v) is 5.65. The van der Waals surface area contributed by atoms with Gasteiger partial charge in [-0.15, -0.1) is 0 Å². The van der Waals surface area contributed by atoms with Crippen LogP contribution in [0, 0.1) is 0 Å². The van der Waals surface area contributed by atoms with E-state index in [0.717, 1.165) is 53.1 Å². The Bertz CT molecular complexity index is 1270. The summed E-state index contributed by atoms with van der Waals surface area (Å²) in [6.45, 7) is 0. The Morgan fingerprint density at radius 1 is 1.00 bits per heavy atom. The zero-order valence-corrected chi connectivity index (χ0v) is 16.4. The number of hydrogen-bond acceptors (Lipinski definition) is 3. The van der Waals surface area contributed by atoms with Crippen LogP contribution in [0.15, 0.2) is 56.3 Å². The second-order valence-electron chi connectivity index (χ2n) is 5.64. The van der Waals surface area contributed by atoms with E-state index in [4.69, 9.17) is 21.0 Å². The lowest BCUT2D eigenvalue weighted by molar-refractivity contribution is 0.618. The summed E-state index contributed by atoms with van der Waals surface area (Å²) < 4.78 is 7.44. The summed E-state index contributed by atoms with van der Waals surface area (Å²) in [5.41, 5.74) is 3.39. The number of fused-ring (bicyclic) bond motifs is 6. The van der Waals surface area contributed by atoms with Crippen LogP contribution < -0.4 is 0 Å². The first-order chi connectivity index (χ1) is 12.1. The number of imidazole rings is 1. The third-order valence-electron chi connectivity index (χ3n) is 4.21. The highest BCUT2D eigenvalue weighted by Crippen LogP contribution is 2.39. The van der Waals surface area contributed by atoms with Crippen molar-refractivity contribution in [3.05, 3.63) is 56.9 Å². The highest BCUT2D eigenvalue weighted by molar-refractivity contribution is 9.11. The van der Waals surface area contributed by atoms with Crippen molar-refractivity contribution in [3.63, 3.8) is 0 Å². The van der Waals surface area contributed by atoms with E-state index in [-0.39, 0.29) is 0 Å². The van der Waals surface area contributed by atoms with E-state index in [1.165, 1.54) is 0 Å². The number of hydrogen-bond donors (Lipinski definition) is 1. The van der Waals surface area contributed by atoms with E-state index in [1.54, 1.807) is 18.7 Å². The molecule has 0 aliphatic heterocycles. The molecule has 122 valence electrons. The van der Waals surface area contributed by atoms with Crippen LogP contribution >= 0.6 is 43.5 Å². The largest absolute Gasteiger partial charge is 0.462 e. The lowest BCUT2D eigenvalue weighted by Crippen LogP contribution is -1.86. The van der Waals surface area contributed by atoms with E-state index in [9.17, 15) is 0 Å². The van der Waals surface area contributed by atoms with Crippen molar-refractivity contribution in [2.75, 3.05) is 0 Å². The van der Waals surface area contributed by atoms with Gasteiger partial charge < -0.3 is 9.40 Å². The Hall–Kier alpha value is -1.89. The number of halogens is 3. The van der Waals surface area contributed by atoms with Crippen LogP contribution in [0.5, 0.6) is 0 Å². The minimum Gasteiger partial charge on any atom is -0.462 e. The second-order valence-corrected chi connectivity index (χ2v) is 7.79. The van der Waals surface area contributed by atoms with Crippen LogP contribution in [0.4, 0.5) is 0 Å². The van der Waals surface area contributed by atoms with Crippen molar-refractivity contribution in [1.82, 2.24) is 15.0 Å². The Balaban J connectivity index is 1.96. The molecule has 0 saturated carbocycles. The Morgan fingerprint density at radius 3 is 2.60 bits per heavy atom. The maximum atomic E-state index is 6.20. The maximum Gasteiger partial charge on any atom is 0.160 e. The van der Waals surface area contributed by atoms with Crippen LogP contribution in [0.1, 0.15) is 0 Å². The van der Waals surface area contributed by atoms with Gasteiger partial charge in [0.1, 0.15) is 16.9 Å². The molecule has 3 heterocycles. The SMILES string of the molecule is Clc1ccc2c(c1)c1ccoc1c1[nH]c(-c3c(Br)cncc3Br)nc21. The monoisotopic (exact) mass is 475 g/mol. The molecule has 4 nitrogen and oxygen atoms in total. The number of H-pyrrole nitrogens is 1.